The summed E-state index contributed by atoms with van der Waals surface area (Å²) in [5.41, 5.74) is 7.60. The van der Waals surface area contributed by atoms with Crippen LogP contribution in [0.25, 0.3) is 0 Å². The van der Waals surface area contributed by atoms with Crippen LogP contribution in [-0.2, 0) is 17.7 Å². The lowest BCUT2D eigenvalue weighted by Gasteiger charge is -2.31. The smallest absolute Gasteiger partial charge is 0.224 e. The molecule has 4 N–H and O–H groups in total. The highest BCUT2D eigenvalue weighted by molar-refractivity contribution is 7.12. The minimum Gasteiger partial charge on any atom is -0.508 e. The Morgan fingerprint density at radius 3 is 2.52 bits per heavy atom. The summed E-state index contributed by atoms with van der Waals surface area (Å²) in [7, 11) is 0. The monoisotopic (exact) mass is 411 g/mol. The van der Waals surface area contributed by atoms with Crippen molar-refractivity contribution in [3.05, 3.63) is 80.9 Å². The Balaban J connectivity index is 1.63. The summed E-state index contributed by atoms with van der Waals surface area (Å²) in [6.07, 6.45) is 4.50. The molecule has 3 unspecified atom stereocenters. The number of hydrogen-bond donors (Lipinski definition) is 3. The van der Waals surface area contributed by atoms with E-state index in [1.807, 2.05) is 24.3 Å². The van der Waals surface area contributed by atoms with Crippen molar-refractivity contribution in [3.63, 3.8) is 0 Å². The van der Waals surface area contributed by atoms with E-state index in [2.05, 4.69) is 25.1 Å². The van der Waals surface area contributed by atoms with Crippen LogP contribution in [0.5, 0.6) is 0 Å². The Labute approximate surface area is 176 Å². The van der Waals surface area contributed by atoms with Gasteiger partial charge in [0.25, 0.3) is 0 Å². The number of ether oxygens (including phenoxy) is 1. The lowest BCUT2D eigenvalue weighted by molar-refractivity contribution is -0.0573. The maximum absolute atomic E-state index is 10.9. The molecular weight excluding hydrogens is 382 g/mol. The molecule has 0 bridgehead atoms. The van der Waals surface area contributed by atoms with Gasteiger partial charge in [0.2, 0.25) is 6.29 Å². The van der Waals surface area contributed by atoms with E-state index in [-0.39, 0.29) is 17.6 Å². The zero-order valence-electron chi connectivity index (χ0n) is 16.8. The second-order valence-electron chi connectivity index (χ2n) is 7.98. The first kappa shape index (κ1) is 20.2. The van der Waals surface area contributed by atoms with Gasteiger partial charge in [-0.15, -0.1) is 11.3 Å². The Kier molecular flexibility index (Phi) is 6.09. The van der Waals surface area contributed by atoms with Crippen LogP contribution in [0.3, 0.4) is 0 Å². The van der Waals surface area contributed by atoms with Crippen molar-refractivity contribution >= 4 is 11.3 Å². The van der Waals surface area contributed by atoms with Gasteiger partial charge in [-0.2, -0.15) is 0 Å². The maximum Gasteiger partial charge on any atom is 0.224 e. The molecule has 4 rings (SSSR count). The first-order valence-corrected chi connectivity index (χ1v) is 11.2. The summed E-state index contributed by atoms with van der Waals surface area (Å²) in [6, 6.07) is 14.4. The molecule has 0 amide bonds. The predicted molar refractivity (Wildman–Crippen MR) is 116 cm³/mol. The van der Waals surface area contributed by atoms with Crippen LogP contribution < -0.4 is 5.73 Å². The van der Waals surface area contributed by atoms with Crippen LogP contribution in [0, 0.1) is 11.8 Å². The van der Waals surface area contributed by atoms with Crippen LogP contribution >= 0.6 is 11.3 Å². The molecule has 3 atom stereocenters. The molecule has 29 heavy (non-hydrogen) atoms. The summed E-state index contributed by atoms with van der Waals surface area (Å²) < 4.78 is 5.99. The molecule has 1 aromatic carbocycles. The Morgan fingerprint density at radius 1 is 1.17 bits per heavy atom. The average Bonchev–Trinajstić information content (AvgIpc) is 3.45. The second-order valence-corrected chi connectivity index (χ2v) is 9.18. The summed E-state index contributed by atoms with van der Waals surface area (Å²) >= 11 is 1.66. The van der Waals surface area contributed by atoms with Crippen LogP contribution in [0.2, 0.25) is 0 Å². The van der Waals surface area contributed by atoms with Crippen molar-refractivity contribution in [2.75, 3.05) is 0 Å². The topological polar surface area (TPSA) is 75.7 Å². The van der Waals surface area contributed by atoms with E-state index in [0.717, 1.165) is 35.4 Å². The molecule has 1 aliphatic heterocycles. The number of hydrogen-bond acceptors (Lipinski definition) is 5. The van der Waals surface area contributed by atoms with Gasteiger partial charge in [-0.25, -0.2) is 0 Å². The van der Waals surface area contributed by atoms with Gasteiger partial charge in [0.1, 0.15) is 11.5 Å². The standard InChI is InChI=1S/C24H29NO3S/c1-2-16(12-15-6-4-3-5-7-15)20-13-19(26)23(24(27)28-20)22(17-8-9-17)21-11-10-18(14-25)29-21/h3-7,10-11,13,16-17,22,24,26-27H,2,8-9,12,14,25H2,1H3. The molecule has 154 valence electrons. The third-order valence-electron chi connectivity index (χ3n) is 5.93. The number of nitrogens with two attached hydrogens (primary N) is 1. The van der Waals surface area contributed by atoms with E-state index in [1.54, 1.807) is 17.4 Å². The molecule has 1 aromatic heterocycles. The van der Waals surface area contributed by atoms with Crippen molar-refractivity contribution < 1.29 is 14.9 Å². The lowest BCUT2D eigenvalue weighted by atomic mass is 9.87. The largest absolute Gasteiger partial charge is 0.508 e. The second kappa shape index (κ2) is 8.74. The molecule has 0 saturated heterocycles. The van der Waals surface area contributed by atoms with E-state index in [9.17, 15) is 10.2 Å². The first-order valence-electron chi connectivity index (χ1n) is 10.4. The number of aliphatic hydroxyl groups excluding tert-OH is 2. The fraction of sp³-hybridized carbons (Fsp3) is 0.417. The summed E-state index contributed by atoms with van der Waals surface area (Å²) in [4.78, 5) is 2.26. The van der Waals surface area contributed by atoms with E-state index in [0.29, 0.717) is 23.8 Å². The summed E-state index contributed by atoms with van der Waals surface area (Å²) in [6.45, 7) is 2.61. The van der Waals surface area contributed by atoms with Gasteiger partial charge in [0.05, 0.1) is 0 Å². The van der Waals surface area contributed by atoms with Gasteiger partial charge < -0.3 is 20.7 Å². The lowest BCUT2D eigenvalue weighted by Crippen LogP contribution is -2.28. The van der Waals surface area contributed by atoms with Crippen LogP contribution in [-0.4, -0.2) is 16.5 Å². The zero-order chi connectivity index (χ0) is 20.4. The van der Waals surface area contributed by atoms with Crippen molar-refractivity contribution in [2.24, 2.45) is 17.6 Å². The highest BCUT2D eigenvalue weighted by atomic mass is 32.1. The highest BCUT2D eigenvalue weighted by Gasteiger charge is 2.42. The number of aliphatic hydroxyl groups is 2. The summed E-state index contributed by atoms with van der Waals surface area (Å²) in [5, 5.41) is 21.8. The number of thiophene rings is 1. The average molecular weight is 412 g/mol. The highest BCUT2D eigenvalue weighted by Crippen LogP contribution is 2.51. The Hall–Kier alpha value is -2.08. The fourth-order valence-electron chi connectivity index (χ4n) is 4.18. The molecule has 0 radical (unpaired) electrons. The van der Waals surface area contributed by atoms with Crippen LogP contribution in [0.1, 0.15) is 47.4 Å². The number of allylic oxidation sites excluding steroid dienone is 2. The van der Waals surface area contributed by atoms with Crippen molar-refractivity contribution in [3.8, 4) is 0 Å². The molecule has 2 aromatic rings. The minimum atomic E-state index is -1.12. The fourth-order valence-corrected chi connectivity index (χ4v) is 5.29. The molecule has 4 nitrogen and oxygen atoms in total. The molecule has 2 heterocycles. The zero-order valence-corrected chi connectivity index (χ0v) is 17.6. The normalized spacial score (nSPS) is 21.5. The predicted octanol–water partition coefficient (Wildman–Crippen LogP) is 5.01. The van der Waals surface area contributed by atoms with Crippen molar-refractivity contribution in [1.82, 2.24) is 0 Å². The van der Waals surface area contributed by atoms with Crippen LogP contribution in [0.15, 0.2) is 65.6 Å². The molecule has 2 aliphatic rings. The van der Waals surface area contributed by atoms with E-state index in [4.69, 9.17) is 10.5 Å². The first-order chi connectivity index (χ1) is 14.1. The third-order valence-corrected chi connectivity index (χ3v) is 7.12. The maximum atomic E-state index is 10.9. The quantitative estimate of drug-likeness (QED) is 0.570. The minimum absolute atomic E-state index is 0.0118. The molecule has 1 aliphatic carbocycles. The van der Waals surface area contributed by atoms with Gasteiger partial charge >= 0.3 is 0 Å². The van der Waals surface area contributed by atoms with E-state index in [1.165, 1.54) is 5.56 Å². The van der Waals surface area contributed by atoms with Crippen molar-refractivity contribution in [1.29, 1.82) is 0 Å². The van der Waals surface area contributed by atoms with Gasteiger partial charge in [0, 0.05) is 39.8 Å². The van der Waals surface area contributed by atoms with Gasteiger partial charge in [-0.05, 0) is 49.3 Å². The third kappa shape index (κ3) is 4.42. The van der Waals surface area contributed by atoms with E-state index < -0.39 is 6.29 Å². The number of benzene rings is 1. The van der Waals surface area contributed by atoms with Gasteiger partial charge in [0.15, 0.2) is 0 Å². The molecule has 5 heteroatoms. The van der Waals surface area contributed by atoms with Gasteiger partial charge in [-0.3, -0.25) is 0 Å². The van der Waals surface area contributed by atoms with Crippen molar-refractivity contribution in [2.45, 2.75) is 51.4 Å². The number of rotatable bonds is 8. The molecule has 1 saturated carbocycles. The van der Waals surface area contributed by atoms with E-state index >= 15 is 0 Å². The van der Waals surface area contributed by atoms with Gasteiger partial charge in [-0.1, -0.05) is 37.3 Å². The molecule has 0 spiro atoms. The molecule has 1 fully saturated rings. The Bertz CT molecular complexity index is 898. The Morgan fingerprint density at radius 2 is 1.93 bits per heavy atom. The summed E-state index contributed by atoms with van der Waals surface area (Å²) in [5.74, 6) is 1.36. The van der Waals surface area contributed by atoms with Crippen LogP contribution in [0.4, 0.5) is 0 Å². The molecular formula is C24H29NO3S. The SMILES string of the molecule is CCC(Cc1ccccc1)C1=CC(O)=C(C(c2ccc(CN)s2)C2CC2)C(O)O1.